The molecule has 0 radical (unpaired) electrons. The van der Waals surface area contributed by atoms with Gasteiger partial charge in [-0.1, -0.05) is 39.0 Å². The van der Waals surface area contributed by atoms with Crippen molar-refractivity contribution in [3.05, 3.63) is 23.8 Å². The van der Waals surface area contributed by atoms with Crippen LogP contribution in [0.4, 0.5) is 5.69 Å². The number of hydrogen-bond acceptors (Lipinski definition) is 3. The van der Waals surface area contributed by atoms with Gasteiger partial charge in [0.25, 0.3) is 11.7 Å². The fraction of sp³-hybridized carbons (Fsp3) is 0.529. The fourth-order valence-corrected chi connectivity index (χ4v) is 2.67. The molecule has 0 N–H and O–H groups in total. The maximum Gasteiger partial charge on any atom is 0.299 e. The summed E-state index contributed by atoms with van der Waals surface area (Å²) >= 11 is 0. The van der Waals surface area contributed by atoms with Crippen LogP contribution in [-0.4, -0.2) is 25.3 Å². The van der Waals surface area contributed by atoms with Gasteiger partial charge < -0.3 is 9.64 Å². The van der Waals surface area contributed by atoms with Crippen LogP contribution in [0.15, 0.2) is 18.2 Å². The zero-order valence-corrected chi connectivity index (χ0v) is 12.9. The Morgan fingerprint density at radius 1 is 1.05 bits per heavy atom. The average molecular weight is 289 g/mol. The Balaban J connectivity index is 1.97. The number of methoxy groups -OCH3 is 1. The second kappa shape index (κ2) is 7.25. The molecule has 1 heterocycles. The van der Waals surface area contributed by atoms with E-state index in [1.165, 1.54) is 25.7 Å². The van der Waals surface area contributed by atoms with E-state index in [4.69, 9.17) is 4.74 Å². The lowest BCUT2D eigenvalue weighted by molar-refractivity contribution is -0.114. The zero-order valence-electron chi connectivity index (χ0n) is 12.9. The molecule has 0 fully saturated rings. The number of hydrogen-bond donors (Lipinski definition) is 0. The third-order valence-electron chi connectivity index (χ3n) is 3.91. The van der Waals surface area contributed by atoms with Crippen molar-refractivity contribution in [3.8, 4) is 5.75 Å². The molecular formula is C17H23NO3. The monoisotopic (exact) mass is 289 g/mol. The smallest absolute Gasteiger partial charge is 0.299 e. The molecule has 1 aromatic carbocycles. The minimum absolute atomic E-state index is 0.404. The quantitative estimate of drug-likeness (QED) is 0.543. The van der Waals surface area contributed by atoms with Gasteiger partial charge in [-0.3, -0.25) is 9.59 Å². The molecule has 0 saturated carbocycles. The fourth-order valence-electron chi connectivity index (χ4n) is 2.67. The molecule has 1 aliphatic heterocycles. The van der Waals surface area contributed by atoms with Crippen LogP contribution in [0.2, 0.25) is 0 Å². The normalized spacial score (nSPS) is 13.7. The number of ketones is 1. The molecule has 0 aromatic heterocycles. The Kier molecular flexibility index (Phi) is 5.37. The topological polar surface area (TPSA) is 46.6 Å². The minimum Gasteiger partial charge on any atom is -0.497 e. The Morgan fingerprint density at radius 2 is 1.76 bits per heavy atom. The van der Waals surface area contributed by atoms with Crippen LogP contribution < -0.4 is 9.64 Å². The zero-order chi connectivity index (χ0) is 15.2. The van der Waals surface area contributed by atoms with E-state index in [9.17, 15) is 9.59 Å². The van der Waals surface area contributed by atoms with Gasteiger partial charge in [-0.2, -0.15) is 0 Å². The number of carbonyl (C=O) groups excluding carboxylic acids is 2. The van der Waals surface area contributed by atoms with Gasteiger partial charge in [-0.25, -0.2) is 0 Å². The number of fused-ring (bicyclic) bond motifs is 1. The van der Waals surface area contributed by atoms with Crippen LogP contribution in [-0.2, 0) is 4.79 Å². The van der Waals surface area contributed by atoms with E-state index in [1.807, 2.05) is 0 Å². The Bertz CT molecular complexity index is 525. The highest BCUT2D eigenvalue weighted by molar-refractivity contribution is 6.52. The molecule has 0 aliphatic carbocycles. The predicted molar refractivity (Wildman–Crippen MR) is 83.1 cm³/mol. The van der Waals surface area contributed by atoms with Crippen molar-refractivity contribution in [1.82, 2.24) is 0 Å². The molecular weight excluding hydrogens is 266 g/mol. The van der Waals surface area contributed by atoms with E-state index in [0.29, 0.717) is 23.5 Å². The summed E-state index contributed by atoms with van der Waals surface area (Å²) in [6.07, 6.45) is 6.95. The van der Waals surface area contributed by atoms with E-state index in [1.54, 1.807) is 30.2 Å². The molecule has 21 heavy (non-hydrogen) atoms. The highest BCUT2D eigenvalue weighted by atomic mass is 16.5. The molecule has 4 heteroatoms. The summed E-state index contributed by atoms with van der Waals surface area (Å²) in [7, 11) is 1.58. The minimum atomic E-state index is -0.410. The number of ether oxygens (including phenoxy) is 1. The number of carbonyl (C=O) groups is 2. The second-order valence-corrected chi connectivity index (χ2v) is 5.44. The first-order valence-corrected chi connectivity index (χ1v) is 7.73. The lowest BCUT2D eigenvalue weighted by atomic mass is 10.1. The SMILES string of the molecule is CCCCCCCCN1C(=O)C(=O)c2ccc(OC)cc21. The first-order chi connectivity index (χ1) is 10.2. The van der Waals surface area contributed by atoms with Gasteiger partial charge in [0.05, 0.1) is 18.4 Å². The maximum atomic E-state index is 12.1. The van der Waals surface area contributed by atoms with E-state index in [-0.39, 0.29) is 0 Å². The van der Waals surface area contributed by atoms with Crippen molar-refractivity contribution in [3.63, 3.8) is 0 Å². The van der Waals surface area contributed by atoms with Crippen LogP contribution in [0, 0.1) is 0 Å². The van der Waals surface area contributed by atoms with Gasteiger partial charge >= 0.3 is 0 Å². The average Bonchev–Trinajstić information content (AvgIpc) is 2.74. The van der Waals surface area contributed by atoms with E-state index >= 15 is 0 Å². The number of nitrogens with zero attached hydrogens (tertiary/aromatic N) is 1. The summed E-state index contributed by atoms with van der Waals surface area (Å²) in [6, 6.07) is 5.17. The summed E-state index contributed by atoms with van der Waals surface area (Å²) in [5.74, 6) is -0.144. The predicted octanol–water partition coefficient (Wildman–Crippen LogP) is 3.59. The number of benzene rings is 1. The summed E-state index contributed by atoms with van der Waals surface area (Å²) in [5.41, 5.74) is 1.18. The van der Waals surface area contributed by atoms with Crippen LogP contribution in [0.5, 0.6) is 5.75 Å². The third kappa shape index (κ3) is 3.43. The van der Waals surface area contributed by atoms with Gasteiger partial charge in [0.15, 0.2) is 0 Å². The molecule has 2 rings (SSSR count). The largest absolute Gasteiger partial charge is 0.497 e. The standard InChI is InChI=1S/C17H23NO3/c1-3-4-5-6-7-8-11-18-15-12-13(21-2)9-10-14(15)16(19)17(18)20/h9-10,12H,3-8,11H2,1-2H3. The van der Waals surface area contributed by atoms with Crippen molar-refractivity contribution in [1.29, 1.82) is 0 Å². The van der Waals surface area contributed by atoms with Gasteiger partial charge in [-0.15, -0.1) is 0 Å². The Morgan fingerprint density at radius 3 is 2.48 bits per heavy atom. The molecule has 0 spiro atoms. The third-order valence-corrected chi connectivity index (χ3v) is 3.91. The second-order valence-electron chi connectivity index (χ2n) is 5.44. The molecule has 0 bridgehead atoms. The molecule has 0 unspecified atom stereocenters. The number of rotatable bonds is 8. The molecule has 1 amide bonds. The van der Waals surface area contributed by atoms with Crippen LogP contribution in [0.25, 0.3) is 0 Å². The van der Waals surface area contributed by atoms with Crippen molar-refractivity contribution in [2.45, 2.75) is 45.4 Å². The van der Waals surface area contributed by atoms with E-state index < -0.39 is 11.7 Å². The van der Waals surface area contributed by atoms with Gasteiger partial charge in [0.1, 0.15) is 5.75 Å². The van der Waals surface area contributed by atoms with Crippen molar-refractivity contribution >= 4 is 17.4 Å². The Labute approximate surface area is 126 Å². The van der Waals surface area contributed by atoms with Crippen molar-refractivity contribution in [2.24, 2.45) is 0 Å². The number of Topliss-reactive ketones (excluding diaryl/α,β-unsaturated/α-hetero) is 1. The first kappa shape index (κ1) is 15.5. The highest BCUT2D eigenvalue weighted by Crippen LogP contribution is 2.32. The maximum absolute atomic E-state index is 12.1. The molecule has 0 atom stereocenters. The van der Waals surface area contributed by atoms with Crippen LogP contribution in [0.1, 0.15) is 55.8 Å². The van der Waals surface area contributed by atoms with Gasteiger partial charge in [0.2, 0.25) is 0 Å². The molecule has 0 saturated heterocycles. The molecule has 1 aliphatic rings. The number of unbranched alkanes of at least 4 members (excludes halogenated alkanes) is 5. The lowest BCUT2D eigenvalue weighted by Crippen LogP contribution is -2.30. The highest BCUT2D eigenvalue weighted by Gasteiger charge is 2.35. The summed E-state index contributed by atoms with van der Waals surface area (Å²) < 4.78 is 5.18. The van der Waals surface area contributed by atoms with Crippen molar-refractivity contribution in [2.75, 3.05) is 18.6 Å². The molecule has 114 valence electrons. The molecule has 1 aromatic rings. The van der Waals surface area contributed by atoms with Crippen LogP contribution in [0.3, 0.4) is 0 Å². The van der Waals surface area contributed by atoms with Crippen LogP contribution >= 0.6 is 0 Å². The number of anilines is 1. The van der Waals surface area contributed by atoms with Gasteiger partial charge in [-0.05, 0) is 18.6 Å². The van der Waals surface area contributed by atoms with Crippen molar-refractivity contribution < 1.29 is 14.3 Å². The summed E-state index contributed by atoms with van der Waals surface area (Å²) in [5, 5.41) is 0. The lowest BCUT2D eigenvalue weighted by Gasteiger charge is -2.16. The Hall–Kier alpha value is -1.84. The first-order valence-electron chi connectivity index (χ1n) is 7.73. The summed E-state index contributed by atoms with van der Waals surface area (Å²) in [4.78, 5) is 25.6. The summed E-state index contributed by atoms with van der Waals surface area (Å²) in [6.45, 7) is 2.80. The van der Waals surface area contributed by atoms with E-state index in [0.717, 1.165) is 12.8 Å². The number of amides is 1. The van der Waals surface area contributed by atoms with Gasteiger partial charge in [0, 0.05) is 12.6 Å². The van der Waals surface area contributed by atoms with E-state index in [2.05, 4.69) is 6.92 Å². The molecule has 4 nitrogen and oxygen atoms in total.